The fourth-order valence-corrected chi connectivity index (χ4v) is 3.31. The third-order valence-electron chi connectivity index (χ3n) is 4.34. The number of benzene rings is 1. The van der Waals surface area contributed by atoms with Crippen LogP contribution in [-0.4, -0.2) is 42.0 Å². The Morgan fingerprint density at radius 1 is 1.29 bits per heavy atom. The van der Waals surface area contributed by atoms with Crippen molar-refractivity contribution in [3.63, 3.8) is 0 Å². The fraction of sp³-hybridized carbons (Fsp3) is 0.611. The minimum Gasteiger partial charge on any atom is -0.396 e. The van der Waals surface area contributed by atoms with E-state index >= 15 is 0 Å². The quantitative estimate of drug-likeness (QED) is 0.819. The van der Waals surface area contributed by atoms with E-state index in [0.29, 0.717) is 12.3 Å². The summed E-state index contributed by atoms with van der Waals surface area (Å²) in [4.78, 5) is 14.7. The van der Waals surface area contributed by atoms with Gasteiger partial charge >= 0.3 is 0 Å². The lowest BCUT2D eigenvalue weighted by Gasteiger charge is -2.32. The molecule has 1 atom stereocenters. The van der Waals surface area contributed by atoms with Crippen molar-refractivity contribution in [2.75, 3.05) is 26.2 Å². The van der Waals surface area contributed by atoms with Crippen LogP contribution in [-0.2, 0) is 0 Å². The molecule has 21 heavy (non-hydrogen) atoms. The van der Waals surface area contributed by atoms with E-state index in [1.54, 1.807) is 0 Å². The first-order valence-electron chi connectivity index (χ1n) is 8.03. The molecule has 1 saturated heterocycles. The van der Waals surface area contributed by atoms with Crippen LogP contribution in [0.5, 0.6) is 0 Å². The number of carbonyl (C=O) groups excluding carboxylic acids is 1. The molecule has 1 fully saturated rings. The number of aryl methyl sites for hydroxylation is 2. The molecular weight excluding hydrogens is 262 g/mol. The summed E-state index contributed by atoms with van der Waals surface area (Å²) in [6.07, 6.45) is 3.88. The molecule has 0 aromatic heterocycles. The van der Waals surface area contributed by atoms with Gasteiger partial charge in [-0.05, 0) is 57.7 Å². The van der Waals surface area contributed by atoms with Crippen molar-refractivity contribution in [3.8, 4) is 0 Å². The number of Topliss-reactive ketones (excluding diaryl/α,β-unsaturated/α-hetero) is 1. The fourth-order valence-electron chi connectivity index (χ4n) is 3.31. The third-order valence-corrected chi connectivity index (χ3v) is 4.34. The second-order valence-electron chi connectivity index (χ2n) is 6.37. The maximum absolute atomic E-state index is 12.3. The van der Waals surface area contributed by atoms with Crippen LogP contribution >= 0.6 is 0 Å². The van der Waals surface area contributed by atoms with Crippen LogP contribution in [0, 0.1) is 19.8 Å². The van der Waals surface area contributed by atoms with Crippen molar-refractivity contribution in [1.29, 1.82) is 0 Å². The van der Waals surface area contributed by atoms with Gasteiger partial charge in [0, 0.05) is 31.7 Å². The number of aliphatic hydroxyl groups is 1. The van der Waals surface area contributed by atoms with Gasteiger partial charge in [-0.15, -0.1) is 0 Å². The number of hydrogen-bond acceptors (Lipinski definition) is 3. The Kier molecular flexibility index (Phi) is 5.95. The van der Waals surface area contributed by atoms with E-state index in [4.69, 9.17) is 5.11 Å². The van der Waals surface area contributed by atoms with Crippen molar-refractivity contribution < 1.29 is 9.90 Å². The van der Waals surface area contributed by atoms with Crippen molar-refractivity contribution in [2.45, 2.75) is 39.5 Å². The molecule has 1 aromatic rings. The second-order valence-corrected chi connectivity index (χ2v) is 6.37. The zero-order valence-corrected chi connectivity index (χ0v) is 13.3. The monoisotopic (exact) mass is 289 g/mol. The van der Waals surface area contributed by atoms with E-state index in [-0.39, 0.29) is 12.4 Å². The van der Waals surface area contributed by atoms with Gasteiger partial charge in [0.2, 0.25) is 0 Å². The van der Waals surface area contributed by atoms with E-state index in [1.807, 2.05) is 26.0 Å². The maximum atomic E-state index is 12.3. The number of nitrogens with zero attached hydrogens (tertiary/aromatic N) is 1. The normalized spacial score (nSPS) is 19.7. The molecule has 1 aliphatic heterocycles. The Bertz CT molecular complexity index is 462. The lowest BCUT2D eigenvalue weighted by molar-refractivity contribution is 0.0937. The Morgan fingerprint density at radius 2 is 2.00 bits per heavy atom. The zero-order chi connectivity index (χ0) is 15.2. The summed E-state index contributed by atoms with van der Waals surface area (Å²) in [6, 6.07) is 6.07. The Morgan fingerprint density at radius 3 is 2.67 bits per heavy atom. The van der Waals surface area contributed by atoms with Crippen LogP contribution in [0.3, 0.4) is 0 Å². The zero-order valence-electron chi connectivity index (χ0n) is 13.3. The minimum atomic E-state index is 0.242. The second kappa shape index (κ2) is 7.71. The number of rotatable bonds is 6. The van der Waals surface area contributed by atoms with Gasteiger partial charge < -0.3 is 10.0 Å². The maximum Gasteiger partial charge on any atom is 0.164 e. The molecule has 0 saturated carbocycles. The van der Waals surface area contributed by atoms with Crippen molar-refractivity contribution in [2.24, 2.45) is 5.92 Å². The minimum absolute atomic E-state index is 0.242. The summed E-state index contributed by atoms with van der Waals surface area (Å²) in [5.41, 5.74) is 3.15. The van der Waals surface area contributed by atoms with Crippen molar-refractivity contribution in [1.82, 2.24) is 4.90 Å². The van der Waals surface area contributed by atoms with Gasteiger partial charge in [0.15, 0.2) is 5.78 Å². The Labute approximate surface area is 128 Å². The smallest absolute Gasteiger partial charge is 0.164 e. The molecule has 0 bridgehead atoms. The highest BCUT2D eigenvalue weighted by Crippen LogP contribution is 2.20. The largest absolute Gasteiger partial charge is 0.396 e. The highest BCUT2D eigenvalue weighted by atomic mass is 16.3. The first-order chi connectivity index (χ1) is 10.1. The van der Waals surface area contributed by atoms with Gasteiger partial charge in [0.05, 0.1) is 0 Å². The van der Waals surface area contributed by atoms with Crippen LogP contribution in [0.2, 0.25) is 0 Å². The van der Waals surface area contributed by atoms with Crippen LogP contribution in [0.4, 0.5) is 0 Å². The molecule has 3 heteroatoms. The molecular formula is C18H27NO2. The number of hydrogen-bond donors (Lipinski definition) is 1. The molecule has 116 valence electrons. The van der Waals surface area contributed by atoms with E-state index in [1.165, 1.54) is 12.8 Å². The number of piperidine rings is 1. The summed E-state index contributed by atoms with van der Waals surface area (Å²) in [7, 11) is 0. The molecule has 1 heterocycles. The standard InChI is InChI=1S/C18H27NO2/c1-14-10-15(2)12-17(11-14)18(21)5-8-19-7-3-4-16(13-19)6-9-20/h10-12,16,20H,3-9,13H2,1-2H3. The van der Waals surface area contributed by atoms with Gasteiger partial charge in [0.25, 0.3) is 0 Å². The molecule has 3 nitrogen and oxygen atoms in total. The summed E-state index contributed by atoms with van der Waals surface area (Å²) in [6.45, 7) is 7.30. The van der Waals surface area contributed by atoms with E-state index in [2.05, 4.69) is 11.0 Å². The molecule has 0 radical (unpaired) electrons. The van der Waals surface area contributed by atoms with Gasteiger partial charge in [-0.3, -0.25) is 4.79 Å². The first kappa shape index (κ1) is 16.2. The molecule has 0 amide bonds. The molecule has 1 N–H and O–H groups in total. The van der Waals surface area contributed by atoms with Gasteiger partial charge in [-0.2, -0.15) is 0 Å². The Hall–Kier alpha value is -1.19. The number of ketones is 1. The van der Waals surface area contributed by atoms with Gasteiger partial charge in [-0.1, -0.05) is 17.2 Å². The molecule has 1 unspecified atom stereocenters. The van der Waals surface area contributed by atoms with Gasteiger partial charge in [-0.25, -0.2) is 0 Å². The highest BCUT2D eigenvalue weighted by molar-refractivity contribution is 5.96. The average Bonchev–Trinajstić information content (AvgIpc) is 2.44. The van der Waals surface area contributed by atoms with E-state index in [9.17, 15) is 4.79 Å². The predicted molar refractivity (Wildman–Crippen MR) is 85.7 cm³/mol. The topological polar surface area (TPSA) is 40.5 Å². The molecule has 0 aliphatic carbocycles. The van der Waals surface area contributed by atoms with Crippen LogP contribution in [0.25, 0.3) is 0 Å². The number of aliphatic hydroxyl groups excluding tert-OH is 1. The lowest BCUT2D eigenvalue weighted by Crippen LogP contribution is -2.37. The average molecular weight is 289 g/mol. The molecule has 1 aliphatic rings. The number of likely N-dealkylation sites (tertiary alicyclic amines) is 1. The lowest BCUT2D eigenvalue weighted by atomic mass is 9.94. The third kappa shape index (κ3) is 4.94. The highest BCUT2D eigenvalue weighted by Gasteiger charge is 2.20. The summed E-state index contributed by atoms with van der Waals surface area (Å²) in [5, 5.41) is 9.05. The Balaban J connectivity index is 1.86. The van der Waals surface area contributed by atoms with Crippen LogP contribution in [0.1, 0.15) is 47.2 Å². The van der Waals surface area contributed by atoms with Gasteiger partial charge in [0.1, 0.15) is 0 Å². The van der Waals surface area contributed by atoms with Crippen molar-refractivity contribution >= 4 is 5.78 Å². The van der Waals surface area contributed by atoms with Crippen LogP contribution < -0.4 is 0 Å². The SMILES string of the molecule is Cc1cc(C)cc(C(=O)CCN2CCCC(CCO)C2)c1. The number of carbonyl (C=O) groups is 1. The molecule has 1 aromatic carbocycles. The summed E-state index contributed by atoms with van der Waals surface area (Å²) < 4.78 is 0. The molecule has 0 spiro atoms. The summed E-state index contributed by atoms with van der Waals surface area (Å²) >= 11 is 0. The van der Waals surface area contributed by atoms with E-state index < -0.39 is 0 Å². The first-order valence-corrected chi connectivity index (χ1v) is 8.03. The molecule has 2 rings (SSSR count). The van der Waals surface area contributed by atoms with E-state index in [0.717, 1.165) is 42.7 Å². The predicted octanol–water partition coefficient (Wildman–Crippen LogP) is 2.97. The summed E-state index contributed by atoms with van der Waals surface area (Å²) in [5.74, 6) is 0.839. The van der Waals surface area contributed by atoms with Crippen LogP contribution in [0.15, 0.2) is 18.2 Å². The van der Waals surface area contributed by atoms with Crippen molar-refractivity contribution in [3.05, 3.63) is 34.9 Å².